The van der Waals surface area contributed by atoms with E-state index in [1.807, 2.05) is 46.9 Å². The molecule has 1 amide bonds. The van der Waals surface area contributed by atoms with Gasteiger partial charge in [0.05, 0.1) is 3.57 Å². The number of amides is 1. The first-order valence-electron chi connectivity index (χ1n) is 6.00. The molecule has 104 valence electrons. The van der Waals surface area contributed by atoms with E-state index in [1.54, 1.807) is 12.1 Å². The summed E-state index contributed by atoms with van der Waals surface area (Å²) in [6.07, 6.45) is 0. The van der Waals surface area contributed by atoms with E-state index in [-0.39, 0.29) is 11.7 Å². The predicted octanol–water partition coefficient (Wildman–Crippen LogP) is 3.67. The van der Waals surface area contributed by atoms with Crippen molar-refractivity contribution in [2.75, 3.05) is 0 Å². The number of benzene rings is 2. The summed E-state index contributed by atoms with van der Waals surface area (Å²) in [5.74, 6) is 0.350. The van der Waals surface area contributed by atoms with E-state index in [0.717, 1.165) is 11.1 Å². The van der Waals surface area contributed by atoms with Crippen molar-refractivity contribution in [3.05, 3.63) is 62.7 Å². The van der Waals surface area contributed by atoms with E-state index in [0.29, 0.717) is 21.6 Å². The number of nitrogens with one attached hydrogen (secondary N) is 1. The molecular weight excluding hydrogens is 389 g/mol. The first kappa shape index (κ1) is 15.1. The fraction of sp³-hybridized carbons (Fsp3) is 0.133. The van der Waals surface area contributed by atoms with E-state index in [1.165, 1.54) is 6.07 Å². The highest BCUT2D eigenvalue weighted by Gasteiger charge is 2.08. The summed E-state index contributed by atoms with van der Waals surface area (Å²) in [6.45, 7) is 0.427. The maximum atomic E-state index is 12.0. The lowest BCUT2D eigenvalue weighted by Gasteiger charge is -2.07. The SMILES string of the molecule is O=C(NCc1cccc(CCl)c1)c1ccc(I)c(O)c1. The molecule has 2 rings (SSSR count). The van der Waals surface area contributed by atoms with Crippen LogP contribution in [0.2, 0.25) is 0 Å². The van der Waals surface area contributed by atoms with Crippen LogP contribution in [0.25, 0.3) is 0 Å². The van der Waals surface area contributed by atoms with Crippen LogP contribution in [0.1, 0.15) is 21.5 Å². The van der Waals surface area contributed by atoms with Gasteiger partial charge in [0.2, 0.25) is 0 Å². The average molecular weight is 402 g/mol. The molecule has 0 aliphatic carbocycles. The lowest BCUT2D eigenvalue weighted by atomic mass is 10.1. The van der Waals surface area contributed by atoms with E-state index in [9.17, 15) is 9.90 Å². The zero-order valence-electron chi connectivity index (χ0n) is 10.6. The van der Waals surface area contributed by atoms with Gasteiger partial charge in [-0.25, -0.2) is 0 Å². The third-order valence-electron chi connectivity index (χ3n) is 2.81. The van der Waals surface area contributed by atoms with Crippen LogP contribution in [0, 0.1) is 3.57 Å². The van der Waals surface area contributed by atoms with Gasteiger partial charge in [0.1, 0.15) is 5.75 Å². The van der Waals surface area contributed by atoms with E-state index in [2.05, 4.69) is 5.32 Å². The predicted molar refractivity (Wildman–Crippen MR) is 88.0 cm³/mol. The van der Waals surface area contributed by atoms with Crippen molar-refractivity contribution in [2.24, 2.45) is 0 Å². The molecule has 2 aromatic carbocycles. The highest BCUT2D eigenvalue weighted by atomic mass is 127. The molecule has 0 saturated carbocycles. The molecule has 5 heteroatoms. The van der Waals surface area contributed by atoms with Crippen LogP contribution in [0.15, 0.2) is 42.5 Å². The fourth-order valence-corrected chi connectivity index (χ4v) is 2.26. The number of hydrogen-bond acceptors (Lipinski definition) is 2. The summed E-state index contributed by atoms with van der Waals surface area (Å²) in [7, 11) is 0. The number of hydrogen-bond donors (Lipinski definition) is 2. The van der Waals surface area contributed by atoms with Gasteiger partial charge in [0.15, 0.2) is 0 Å². The monoisotopic (exact) mass is 401 g/mol. The number of phenols is 1. The summed E-state index contributed by atoms with van der Waals surface area (Å²) < 4.78 is 0.717. The minimum atomic E-state index is -0.215. The molecular formula is C15H13ClINO2. The highest BCUT2D eigenvalue weighted by Crippen LogP contribution is 2.20. The second-order valence-electron chi connectivity index (χ2n) is 4.30. The zero-order chi connectivity index (χ0) is 14.5. The number of halogens is 2. The van der Waals surface area contributed by atoms with Crippen molar-refractivity contribution in [1.82, 2.24) is 5.32 Å². The summed E-state index contributed by atoms with van der Waals surface area (Å²) in [5, 5.41) is 12.4. The third kappa shape index (κ3) is 3.86. The minimum Gasteiger partial charge on any atom is -0.507 e. The van der Waals surface area contributed by atoms with Crippen LogP contribution in [-0.2, 0) is 12.4 Å². The van der Waals surface area contributed by atoms with Crippen molar-refractivity contribution >= 4 is 40.1 Å². The number of rotatable bonds is 4. The van der Waals surface area contributed by atoms with Gasteiger partial charge in [-0.05, 0) is 51.9 Å². The Hall–Kier alpha value is -1.27. The highest BCUT2D eigenvalue weighted by molar-refractivity contribution is 14.1. The second-order valence-corrected chi connectivity index (χ2v) is 5.73. The van der Waals surface area contributed by atoms with E-state index >= 15 is 0 Å². The summed E-state index contributed by atoms with van der Waals surface area (Å²) in [6, 6.07) is 12.6. The molecule has 0 heterocycles. The Bertz CT molecular complexity index is 631. The van der Waals surface area contributed by atoms with Crippen LogP contribution in [0.4, 0.5) is 0 Å². The Balaban J connectivity index is 2.02. The van der Waals surface area contributed by atoms with Gasteiger partial charge < -0.3 is 10.4 Å². The molecule has 0 spiro atoms. The molecule has 0 atom stereocenters. The Morgan fingerprint density at radius 1 is 1.20 bits per heavy atom. The number of phenolic OH excluding ortho intramolecular Hbond substituents is 1. The normalized spacial score (nSPS) is 10.3. The topological polar surface area (TPSA) is 49.3 Å². The molecule has 0 saturated heterocycles. The number of carbonyl (C=O) groups is 1. The van der Waals surface area contributed by atoms with Crippen LogP contribution in [-0.4, -0.2) is 11.0 Å². The molecule has 0 aromatic heterocycles. The molecule has 2 aromatic rings. The van der Waals surface area contributed by atoms with Gasteiger partial charge in [-0.2, -0.15) is 0 Å². The average Bonchev–Trinajstić information content (AvgIpc) is 2.47. The second kappa shape index (κ2) is 6.95. The summed E-state index contributed by atoms with van der Waals surface area (Å²) in [5.41, 5.74) is 2.45. The third-order valence-corrected chi connectivity index (χ3v) is 4.03. The Kier molecular flexibility index (Phi) is 5.25. The fourth-order valence-electron chi connectivity index (χ4n) is 1.76. The summed E-state index contributed by atoms with van der Waals surface area (Å²) >= 11 is 7.78. The minimum absolute atomic E-state index is 0.113. The molecule has 0 aliphatic heterocycles. The number of carbonyl (C=O) groups excluding carboxylic acids is 1. The first-order chi connectivity index (χ1) is 9.60. The van der Waals surface area contributed by atoms with Gasteiger partial charge in [-0.15, -0.1) is 11.6 Å². The molecule has 20 heavy (non-hydrogen) atoms. The van der Waals surface area contributed by atoms with Crippen LogP contribution in [0.3, 0.4) is 0 Å². The van der Waals surface area contributed by atoms with Crippen molar-refractivity contribution in [2.45, 2.75) is 12.4 Å². The molecule has 0 bridgehead atoms. The smallest absolute Gasteiger partial charge is 0.251 e. The van der Waals surface area contributed by atoms with Crippen molar-refractivity contribution in [3.63, 3.8) is 0 Å². The molecule has 3 nitrogen and oxygen atoms in total. The van der Waals surface area contributed by atoms with Crippen molar-refractivity contribution in [1.29, 1.82) is 0 Å². The van der Waals surface area contributed by atoms with Crippen LogP contribution < -0.4 is 5.32 Å². The van der Waals surface area contributed by atoms with Crippen molar-refractivity contribution < 1.29 is 9.90 Å². The quantitative estimate of drug-likeness (QED) is 0.607. The van der Waals surface area contributed by atoms with Crippen molar-refractivity contribution in [3.8, 4) is 5.75 Å². The molecule has 0 unspecified atom stereocenters. The molecule has 0 radical (unpaired) electrons. The maximum Gasteiger partial charge on any atom is 0.251 e. The first-order valence-corrected chi connectivity index (χ1v) is 7.62. The Morgan fingerprint density at radius 2 is 1.95 bits per heavy atom. The largest absolute Gasteiger partial charge is 0.507 e. The Labute approximate surface area is 136 Å². The Morgan fingerprint density at radius 3 is 2.65 bits per heavy atom. The van der Waals surface area contributed by atoms with E-state index < -0.39 is 0 Å². The van der Waals surface area contributed by atoms with Gasteiger partial charge >= 0.3 is 0 Å². The van der Waals surface area contributed by atoms with Gasteiger partial charge in [0.25, 0.3) is 5.91 Å². The lowest BCUT2D eigenvalue weighted by molar-refractivity contribution is 0.0950. The van der Waals surface area contributed by atoms with E-state index in [4.69, 9.17) is 11.6 Å². The lowest BCUT2D eigenvalue weighted by Crippen LogP contribution is -2.22. The number of aromatic hydroxyl groups is 1. The standard InChI is InChI=1S/C15H13ClINO2/c16-8-10-2-1-3-11(6-10)9-18-15(20)12-4-5-13(17)14(19)7-12/h1-7,19H,8-9H2,(H,18,20). The zero-order valence-corrected chi connectivity index (χ0v) is 13.5. The van der Waals surface area contributed by atoms with Crippen LogP contribution in [0.5, 0.6) is 5.75 Å². The maximum absolute atomic E-state index is 12.0. The summed E-state index contributed by atoms with van der Waals surface area (Å²) in [4.78, 5) is 12.0. The molecule has 2 N–H and O–H groups in total. The molecule has 0 fully saturated rings. The number of alkyl halides is 1. The van der Waals surface area contributed by atoms with Crippen LogP contribution >= 0.6 is 34.2 Å². The van der Waals surface area contributed by atoms with Gasteiger partial charge in [0, 0.05) is 18.0 Å². The van der Waals surface area contributed by atoms with Gasteiger partial charge in [-0.1, -0.05) is 24.3 Å². The molecule has 0 aliphatic rings. The van der Waals surface area contributed by atoms with Gasteiger partial charge in [-0.3, -0.25) is 4.79 Å².